The summed E-state index contributed by atoms with van der Waals surface area (Å²) in [6.07, 6.45) is -0.755. The molecule has 1 atom stereocenters. The van der Waals surface area contributed by atoms with Gasteiger partial charge in [-0.15, -0.1) is 0 Å². The maximum absolute atomic E-state index is 12.3. The van der Waals surface area contributed by atoms with Gasteiger partial charge in [0.2, 0.25) is 0 Å². The summed E-state index contributed by atoms with van der Waals surface area (Å²) in [5.74, 6) is -2.92. The molecule has 3 amide bonds. The van der Waals surface area contributed by atoms with E-state index in [2.05, 4.69) is 20.9 Å². The van der Waals surface area contributed by atoms with Crippen molar-refractivity contribution in [3.8, 4) is 0 Å². The molecule has 0 radical (unpaired) electrons. The summed E-state index contributed by atoms with van der Waals surface area (Å²) in [6.45, 7) is 5.01. The average molecular weight is 365 g/mol. The molecule has 1 aromatic carbocycles. The second-order valence-corrected chi connectivity index (χ2v) is 6.32. The molecular formula is C17H23N3O6. The number of methoxy groups -OCH3 is 1. The molecule has 0 aliphatic heterocycles. The third-order valence-electron chi connectivity index (χ3n) is 2.96. The fraction of sp³-hybridized carbons (Fsp3) is 0.412. The van der Waals surface area contributed by atoms with Crippen LogP contribution in [0.2, 0.25) is 0 Å². The number of carbonyl (C=O) groups excluding carboxylic acids is 4. The van der Waals surface area contributed by atoms with Crippen LogP contribution in [0, 0.1) is 0 Å². The number of rotatable bonds is 4. The van der Waals surface area contributed by atoms with Crippen LogP contribution in [0.25, 0.3) is 0 Å². The van der Waals surface area contributed by atoms with Gasteiger partial charge in [-0.3, -0.25) is 15.0 Å². The highest BCUT2D eigenvalue weighted by molar-refractivity contribution is 6.32. The highest BCUT2D eigenvalue weighted by Gasteiger charge is 2.26. The number of hydrogen-bond acceptors (Lipinski definition) is 6. The zero-order chi connectivity index (χ0) is 19.7. The Labute approximate surface area is 151 Å². The Morgan fingerprint density at radius 1 is 1.04 bits per heavy atom. The smallest absolute Gasteiger partial charge is 0.426 e. The van der Waals surface area contributed by atoms with Crippen molar-refractivity contribution < 1.29 is 28.7 Å². The number of carbonyl (C=O) groups is 4. The minimum absolute atomic E-state index is 0.103. The van der Waals surface area contributed by atoms with Gasteiger partial charge in [-0.1, -0.05) is 30.3 Å². The van der Waals surface area contributed by atoms with E-state index in [1.165, 1.54) is 0 Å². The van der Waals surface area contributed by atoms with Crippen LogP contribution in [0.15, 0.2) is 30.3 Å². The molecule has 0 aliphatic rings. The lowest BCUT2D eigenvalue weighted by Crippen LogP contribution is -2.54. The molecule has 142 valence electrons. The van der Waals surface area contributed by atoms with Gasteiger partial charge in [-0.05, 0) is 26.3 Å². The van der Waals surface area contributed by atoms with Gasteiger partial charge < -0.3 is 14.8 Å². The van der Waals surface area contributed by atoms with E-state index in [-0.39, 0.29) is 6.42 Å². The first-order valence-electron chi connectivity index (χ1n) is 7.84. The predicted molar refractivity (Wildman–Crippen MR) is 91.6 cm³/mol. The molecule has 0 bridgehead atoms. The lowest BCUT2D eigenvalue weighted by Gasteiger charge is -2.21. The number of amides is 3. The van der Waals surface area contributed by atoms with Crippen molar-refractivity contribution in [3.05, 3.63) is 35.9 Å². The Balaban J connectivity index is 2.76. The molecule has 0 fully saturated rings. The Morgan fingerprint density at radius 2 is 1.65 bits per heavy atom. The van der Waals surface area contributed by atoms with Gasteiger partial charge in [0.1, 0.15) is 11.6 Å². The molecule has 0 unspecified atom stereocenters. The second kappa shape index (κ2) is 9.40. The van der Waals surface area contributed by atoms with E-state index in [4.69, 9.17) is 4.74 Å². The second-order valence-electron chi connectivity index (χ2n) is 6.32. The molecule has 0 aromatic heterocycles. The monoisotopic (exact) mass is 365 g/mol. The minimum Gasteiger partial charge on any atom is -0.462 e. The Morgan fingerprint density at radius 3 is 2.19 bits per heavy atom. The van der Waals surface area contributed by atoms with Crippen molar-refractivity contribution in [3.63, 3.8) is 0 Å². The molecule has 1 rings (SSSR count). The van der Waals surface area contributed by atoms with Crippen molar-refractivity contribution in [1.82, 2.24) is 16.2 Å². The first-order chi connectivity index (χ1) is 12.1. The van der Waals surface area contributed by atoms with Crippen molar-refractivity contribution in [2.45, 2.75) is 38.8 Å². The quantitative estimate of drug-likeness (QED) is 0.404. The molecule has 0 aliphatic carbocycles. The van der Waals surface area contributed by atoms with Crippen molar-refractivity contribution in [2.75, 3.05) is 7.11 Å². The molecule has 0 heterocycles. The van der Waals surface area contributed by atoms with Gasteiger partial charge in [0, 0.05) is 6.42 Å². The first kappa shape index (κ1) is 20.9. The highest BCUT2D eigenvalue weighted by Crippen LogP contribution is 2.06. The lowest BCUT2D eigenvalue weighted by atomic mass is 10.1. The normalized spacial score (nSPS) is 11.7. The number of hydrogen-bond donors (Lipinski definition) is 3. The van der Waals surface area contributed by atoms with Gasteiger partial charge in [-0.2, -0.15) is 0 Å². The van der Waals surface area contributed by atoms with E-state index in [1.807, 2.05) is 0 Å². The molecule has 0 saturated carbocycles. The number of ether oxygens (including phenoxy) is 2. The largest absolute Gasteiger partial charge is 0.462 e. The summed E-state index contributed by atoms with van der Waals surface area (Å²) < 4.78 is 9.32. The third kappa shape index (κ3) is 7.65. The van der Waals surface area contributed by atoms with E-state index in [1.54, 1.807) is 51.1 Å². The summed E-state index contributed by atoms with van der Waals surface area (Å²) in [5.41, 5.74) is 4.26. The van der Waals surface area contributed by atoms with Crippen LogP contribution in [0.4, 0.5) is 4.79 Å². The van der Waals surface area contributed by atoms with Gasteiger partial charge in [0.05, 0.1) is 7.11 Å². The van der Waals surface area contributed by atoms with E-state index >= 15 is 0 Å². The van der Waals surface area contributed by atoms with E-state index < -0.39 is 35.5 Å². The number of benzene rings is 1. The van der Waals surface area contributed by atoms with E-state index in [9.17, 15) is 19.2 Å². The van der Waals surface area contributed by atoms with Gasteiger partial charge in [-0.25, -0.2) is 15.0 Å². The fourth-order valence-electron chi connectivity index (χ4n) is 1.87. The molecule has 1 aromatic rings. The average Bonchev–Trinajstić information content (AvgIpc) is 2.57. The predicted octanol–water partition coefficient (Wildman–Crippen LogP) is 0.443. The standard InChI is InChI=1S/C17H23N3O6/c1-17(2,3)26-16(24)20-19-13(21)12(18-14(22)15(23)25-4)10-11-8-6-5-7-9-11/h5-9,12H,10H2,1-4H3,(H,18,22)(H,19,21)(H,20,24)/t12-/m0/s1. The van der Waals surface area contributed by atoms with Crippen LogP contribution in [-0.4, -0.2) is 42.6 Å². The summed E-state index contributed by atoms with van der Waals surface area (Å²) in [5, 5.41) is 2.27. The summed E-state index contributed by atoms with van der Waals surface area (Å²) in [4.78, 5) is 46.9. The molecule has 9 heteroatoms. The minimum atomic E-state index is -1.13. The lowest BCUT2D eigenvalue weighted by molar-refractivity contribution is -0.153. The van der Waals surface area contributed by atoms with Gasteiger partial charge >= 0.3 is 18.0 Å². The Kier molecular flexibility index (Phi) is 7.57. The number of nitrogens with one attached hydrogen (secondary N) is 3. The summed E-state index contributed by atoms with van der Waals surface area (Å²) in [7, 11) is 1.05. The van der Waals surface area contributed by atoms with E-state index in [0.29, 0.717) is 0 Å². The third-order valence-corrected chi connectivity index (χ3v) is 2.96. The number of hydrazine groups is 1. The van der Waals surface area contributed by atoms with E-state index in [0.717, 1.165) is 12.7 Å². The van der Waals surface area contributed by atoms with Crippen LogP contribution in [-0.2, 0) is 30.3 Å². The molecule has 26 heavy (non-hydrogen) atoms. The Bertz CT molecular complexity index is 654. The van der Waals surface area contributed by atoms with Crippen LogP contribution in [0.5, 0.6) is 0 Å². The van der Waals surface area contributed by atoms with Crippen LogP contribution in [0.3, 0.4) is 0 Å². The first-order valence-corrected chi connectivity index (χ1v) is 7.84. The highest BCUT2D eigenvalue weighted by atomic mass is 16.6. The zero-order valence-electron chi connectivity index (χ0n) is 15.1. The van der Waals surface area contributed by atoms with Crippen molar-refractivity contribution in [1.29, 1.82) is 0 Å². The number of esters is 1. The zero-order valence-corrected chi connectivity index (χ0v) is 15.1. The van der Waals surface area contributed by atoms with Crippen molar-refractivity contribution in [2.24, 2.45) is 0 Å². The molecule has 0 saturated heterocycles. The summed E-state index contributed by atoms with van der Waals surface area (Å²) >= 11 is 0. The maximum atomic E-state index is 12.3. The molecule has 0 spiro atoms. The molecule has 9 nitrogen and oxygen atoms in total. The van der Waals surface area contributed by atoms with Crippen LogP contribution < -0.4 is 16.2 Å². The molecule has 3 N–H and O–H groups in total. The van der Waals surface area contributed by atoms with Crippen LogP contribution >= 0.6 is 0 Å². The topological polar surface area (TPSA) is 123 Å². The van der Waals surface area contributed by atoms with Crippen molar-refractivity contribution >= 4 is 23.9 Å². The fourth-order valence-corrected chi connectivity index (χ4v) is 1.87. The van der Waals surface area contributed by atoms with Gasteiger partial charge in [0.15, 0.2) is 0 Å². The summed E-state index contributed by atoms with van der Waals surface area (Å²) in [6, 6.07) is 7.74. The van der Waals surface area contributed by atoms with Gasteiger partial charge in [0.25, 0.3) is 5.91 Å². The molecular weight excluding hydrogens is 342 g/mol. The Hall–Kier alpha value is -3.10. The van der Waals surface area contributed by atoms with Crippen LogP contribution in [0.1, 0.15) is 26.3 Å². The SMILES string of the molecule is COC(=O)C(=O)N[C@@H](Cc1ccccc1)C(=O)NNC(=O)OC(C)(C)C. The maximum Gasteiger partial charge on any atom is 0.426 e.